The summed E-state index contributed by atoms with van der Waals surface area (Å²) in [6.07, 6.45) is 2.15. The van der Waals surface area contributed by atoms with Gasteiger partial charge in [-0.05, 0) is 57.5 Å². The average molecular weight is 435 g/mol. The molecule has 2 heterocycles. The van der Waals surface area contributed by atoms with Crippen LogP contribution >= 0.6 is 0 Å². The van der Waals surface area contributed by atoms with Crippen molar-refractivity contribution >= 4 is 11.9 Å². The van der Waals surface area contributed by atoms with Crippen molar-refractivity contribution in [1.82, 2.24) is 10.2 Å². The van der Waals surface area contributed by atoms with E-state index in [1.54, 1.807) is 6.92 Å². The molecule has 0 aromatic heterocycles. The fourth-order valence-corrected chi connectivity index (χ4v) is 4.07. The van der Waals surface area contributed by atoms with Crippen molar-refractivity contribution in [3.05, 3.63) is 23.3 Å². The van der Waals surface area contributed by atoms with Gasteiger partial charge in [-0.15, -0.1) is 0 Å². The Morgan fingerprint density at radius 2 is 2.10 bits per heavy atom. The highest BCUT2D eigenvalue weighted by Gasteiger charge is 2.28. The smallest absolute Gasteiger partial charge is 0.305 e. The Morgan fingerprint density at radius 1 is 1.29 bits per heavy atom. The highest BCUT2D eigenvalue weighted by Crippen LogP contribution is 2.34. The lowest BCUT2D eigenvalue weighted by molar-refractivity contribution is -0.143. The molecule has 172 valence electrons. The molecule has 0 radical (unpaired) electrons. The van der Waals surface area contributed by atoms with Gasteiger partial charge in [-0.25, -0.2) is 0 Å². The molecule has 8 heteroatoms. The van der Waals surface area contributed by atoms with Crippen LogP contribution < -0.4 is 14.8 Å². The summed E-state index contributed by atoms with van der Waals surface area (Å²) in [5.41, 5.74) is 1.41. The van der Waals surface area contributed by atoms with Crippen LogP contribution in [0.5, 0.6) is 11.5 Å². The zero-order valence-electron chi connectivity index (χ0n) is 18.5. The molecule has 0 spiro atoms. The Kier molecular flexibility index (Phi) is 8.54. The standard InChI is InChI=1S/C23H34N2O6/c1-3-29-21(27)6-4-8-25-9-7-17(19(26)15-25)14-24-23(28)18-12-16(2)13-20-22(18)31-11-5-10-30-20/h12-13,17,19,26H,3-11,14-15H2,1-2H3,(H,24,28)/t17-,19+/m0/s1. The molecule has 0 unspecified atom stereocenters. The number of nitrogens with one attached hydrogen (secondary N) is 1. The number of aliphatic hydroxyl groups excluding tert-OH is 1. The van der Waals surface area contributed by atoms with Gasteiger partial charge in [0.2, 0.25) is 0 Å². The van der Waals surface area contributed by atoms with Crippen LogP contribution in [0.15, 0.2) is 12.1 Å². The molecule has 1 aromatic rings. The van der Waals surface area contributed by atoms with Gasteiger partial charge in [0.1, 0.15) is 0 Å². The Labute approximate surface area is 183 Å². The van der Waals surface area contributed by atoms with E-state index < -0.39 is 6.10 Å². The fraction of sp³-hybridized carbons (Fsp3) is 0.652. The largest absolute Gasteiger partial charge is 0.490 e. The summed E-state index contributed by atoms with van der Waals surface area (Å²) in [5.74, 6) is 0.709. The Hall–Kier alpha value is -2.32. The first kappa shape index (κ1) is 23.3. The Bertz CT molecular complexity index is 769. The highest BCUT2D eigenvalue weighted by atomic mass is 16.5. The average Bonchev–Trinajstić information content (AvgIpc) is 2.98. The predicted molar refractivity (Wildman–Crippen MR) is 116 cm³/mol. The number of hydrogen-bond donors (Lipinski definition) is 2. The number of hydrogen-bond acceptors (Lipinski definition) is 7. The molecule has 2 aliphatic heterocycles. The van der Waals surface area contributed by atoms with E-state index in [-0.39, 0.29) is 17.8 Å². The van der Waals surface area contributed by atoms with E-state index in [1.807, 2.05) is 19.1 Å². The van der Waals surface area contributed by atoms with Gasteiger partial charge in [0.25, 0.3) is 5.91 Å². The topological polar surface area (TPSA) is 97.3 Å². The normalized spacial score (nSPS) is 21.3. The van der Waals surface area contributed by atoms with E-state index in [4.69, 9.17) is 14.2 Å². The summed E-state index contributed by atoms with van der Waals surface area (Å²) < 4.78 is 16.4. The zero-order valence-corrected chi connectivity index (χ0v) is 18.5. The molecule has 1 aromatic carbocycles. The van der Waals surface area contributed by atoms with E-state index in [9.17, 15) is 14.7 Å². The van der Waals surface area contributed by atoms with Crippen molar-refractivity contribution in [3.63, 3.8) is 0 Å². The molecule has 2 N–H and O–H groups in total. The van der Waals surface area contributed by atoms with E-state index in [0.29, 0.717) is 62.8 Å². The molecule has 0 saturated carbocycles. The second-order valence-corrected chi connectivity index (χ2v) is 8.23. The number of benzene rings is 1. The molecule has 31 heavy (non-hydrogen) atoms. The number of aryl methyl sites for hydroxylation is 1. The maximum Gasteiger partial charge on any atom is 0.305 e. The van der Waals surface area contributed by atoms with Gasteiger partial charge < -0.3 is 29.5 Å². The summed E-state index contributed by atoms with van der Waals surface area (Å²) in [7, 11) is 0. The van der Waals surface area contributed by atoms with Gasteiger partial charge in [-0.1, -0.05) is 0 Å². The van der Waals surface area contributed by atoms with Crippen LogP contribution in [-0.4, -0.2) is 74.0 Å². The number of carbonyl (C=O) groups is 2. The van der Waals surface area contributed by atoms with Gasteiger partial charge in [0.05, 0.1) is 31.5 Å². The number of β-amino-alcohol motifs (C(OH)–C–C–N with tert-alkyl or cyclic N) is 1. The van der Waals surface area contributed by atoms with Crippen molar-refractivity contribution < 1.29 is 28.9 Å². The first-order valence-electron chi connectivity index (χ1n) is 11.2. The SMILES string of the molecule is CCOC(=O)CCCN1CC[C@@H](CNC(=O)c2cc(C)cc3c2OCCCO3)[C@H](O)C1. The summed E-state index contributed by atoms with van der Waals surface area (Å²) in [6, 6.07) is 3.70. The van der Waals surface area contributed by atoms with Crippen molar-refractivity contribution in [3.8, 4) is 11.5 Å². The van der Waals surface area contributed by atoms with Crippen molar-refractivity contribution in [2.45, 2.75) is 45.6 Å². The Morgan fingerprint density at radius 3 is 2.87 bits per heavy atom. The van der Waals surface area contributed by atoms with Gasteiger partial charge in [-0.2, -0.15) is 0 Å². The maximum absolute atomic E-state index is 12.9. The maximum atomic E-state index is 12.9. The Balaban J connectivity index is 1.48. The molecule has 1 fully saturated rings. The molecule has 1 saturated heterocycles. The molecule has 0 bridgehead atoms. The minimum Gasteiger partial charge on any atom is -0.490 e. The summed E-state index contributed by atoms with van der Waals surface area (Å²) >= 11 is 0. The fourth-order valence-electron chi connectivity index (χ4n) is 4.07. The van der Waals surface area contributed by atoms with Gasteiger partial charge in [0.15, 0.2) is 11.5 Å². The van der Waals surface area contributed by atoms with Crippen LogP contribution in [-0.2, 0) is 9.53 Å². The van der Waals surface area contributed by atoms with Crippen LogP contribution in [0.1, 0.15) is 48.5 Å². The number of rotatable bonds is 8. The number of fused-ring (bicyclic) bond motifs is 1. The van der Waals surface area contributed by atoms with E-state index >= 15 is 0 Å². The van der Waals surface area contributed by atoms with Crippen LogP contribution in [0.2, 0.25) is 0 Å². The molecule has 8 nitrogen and oxygen atoms in total. The third-order valence-electron chi connectivity index (χ3n) is 5.73. The van der Waals surface area contributed by atoms with Gasteiger partial charge in [0, 0.05) is 31.8 Å². The van der Waals surface area contributed by atoms with Gasteiger partial charge >= 0.3 is 5.97 Å². The minimum atomic E-state index is -0.522. The molecule has 1 amide bonds. The van der Waals surface area contributed by atoms with Crippen LogP contribution in [0.3, 0.4) is 0 Å². The quantitative estimate of drug-likeness (QED) is 0.603. The number of aliphatic hydroxyl groups is 1. The predicted octanol–water partition coefficient (Wildman–Crippen LogP) is 1.91. The zero-order chi connectivity index (χ0) is 22.2. The van der Waals surface area contributed by atoms with E-state index in [0.717, 1.165) is 31.5 Å². The third-order valence-corrected chi connectivity index (χ3v) is 5.73. The number of piperidine rings is 1. The third kappa shape index (κ3) is 6.58. The lowest BCUT2D eigenvalue weighted by Gasteiger charge is -2.36. The molecule has 2 atom stereocenters. The van der Waals surface area contributed by atoms with Crippen LogP contribution in [0.25, 0.3) is 0 Å². The molecular weight excluding hydrogens is 400 g/mol. The molecular formula is C23H34N2O6. The van der Waals surface area contributed by atoms with Crippen molar-refractivity contribution in [1.29, 1.82) is 0 Å². The van der Waals surface area contributed by atoms with Gasteiger partial charge in [-0.3, -0.25) is 9.59 Å². The first-order chi connectivity index (χ1) is 15.0. The summed E-state index contributed by atoms with van der Waals surface area (Å²) in [5, 5.41) is 13.5. The monoisotopic (exact) mass is 434 g/mol. The number of amides is 1. The number of nitrogens with zero attached hydrogens (tertiary/aromatic N) is 1. The molecule has 0 aliphatic carbocycles. The lowest BCUT2D eigenvalue weighted by Crippen LogP contribution is -2.47. The van der Waals surface area contributed by atoms with Crippen LogP contribution in [0.4, 0.5) is 0 Å². The number of ether oxygens (including phenoxy) is 3. The van der Waals surface area contributed by atoms with Crippen LogP contribution in [0, 0.1) is 12.8 Å². The number of esters is 1. The number of likely N-dealkylation sites (tertiary alicyclic amines) is 1. The van der Waals surface area contributed by atoms with Crippen molar-refractivity contribution in [2.24, 2.45) is 5.92 Å². The first-order valence-corrected chi connectivity index (χ1v) is 11.2. The highest BCUT2D eigenvalue weighted by molar-refractivity contribution is 5.98. The second kappa shape index (κ2) is 11.3. The van der Waals surface area contributed by atoms with E-state index in [1.165, 1.54) is 0 Å². The molecule has 3 rings (SSSR count). The second-order valence-electron chi connectivity index (χ2n) is 8.23. The molecule has 2 aliphatic rings. The summed E-state index contributed by atoms with van der Waals surface area (Å²) in [4.78, 5) is 26.5. The minimum absolute atomic E-state index is 0.00848. The van der Waals surface area contributed by atoms with E-state index in [2.05, 4.69) is 10.2 Å². The summed E-state index contributed by atoms with van der Waals surface area (Å²) in [6.45, 7) is 7.74. The van der Waals surface area contributed by atoms with Crippen molar-refractivity contribution in [2.75, 3.05) is 46.0 Å². The number of carbonyl (C=O) groups excluding carboxylic acids is 2. The lowest BCUT2D eigenvalue weighted by atomic mass is 9.93.